The van der Waals surface area contributed by atoms with E-state index in [4.69, 9.17) is 13.9 Å². The molecule has 0 unspecified atom stereocenters. The molecular formula is C25H28N2O5. The predicted molar refractivity (Wildman–Crippen MR) is 123 cm³/mol. The van der Waals surface area contributed by atoms with Crippen LogP contribution in [0, 0.1) is 5.92 Å². The molecule has 1 saturated carbocycles. The van der Waals surface area contributed by atoms with Crippen LogP contribution in [-0.2, 0) is 11.3 Å². The second kappa shape index (κ2) is 9.87. The van der Waals surface area contributed by atoms with E-state index in [1.165, 1.54) is 19.8 Å². The van der Waals surface area contributed by atoms with Gasteiger partial charge in [0.2, 0.25) is 5.91 Å². The van der Waals surface area contributed by atoms with E-state index in [0.29, 0.717) is 22.5 Å². The molecule has 4 rings (SSSR count). The number of hydrogen-bond donors (Lipinski definition) is 2. The van der Waals surface area contributed by atoms with Gasteiger partial charge in [0.15, 0.2) is 11.5 Å². The lowest BCUT2D eigenvalue weighted by Gasteiger charge is -2.29. The number of hydrogen-bond acceptors (Lipinski definition) is 6. The number of ether oxygens (including phenoxy) is 2. The summed E-state index contributed by atoms with van der Waals surface area (Å²) in [5, 5.41) is 6.99. The number of methoxy groups -OCH3 is 2. The largest absolute Gasteiger partial charge is 0.493 e. The van der Waals surface area contributed by atoms with Gasteiger partial charge in [0.1, 0.15) is 11.3 Å². The minimum Gasteiger partial charge on any atom is -0.493 e. The Morgan fingerprint density at radius 3 is 2.56 bits per heavy atom. The third-order valence-electron chi connectivity index (χ3n) is 5.98. The fourth-order valence-corrected chi connectivity index (χ4v) is 4.24. The van der Waals surface area contributed by atoms with Crippen molar-refractivity contribution in [3.63, 3.8) is 0 Å². The normalized spacial score (nSPS) is 18.3. The standard InChI is InChI=1S/C25H28N2O5/c1-30-22-13-18-12-20(25(29)32-21(18)14-23(22)31-2)27-24(28)17-9-6-10-19(11-17)26-15-16-7-4-3-5-8-16/h3-5,7-8,12-14,17,19,26H,6,9-11,15H2,1-2H3,(H,27,28)/t17-,19+/m1/s1. The van der Waals surface area contributed by atoms with E-state index in [1.54, 1.807) is 18.2 Å². The second-order valence-electron chi connectivity index (χ2n) is 8.11. The smallest absolute Gasteiger partial charge is 0.360 e. The average Bonchev–Trinajstić information content (AvgIpc) is 2.83. The summed E-state index contributed by atoms with van der Waals surface area (Å²) in [6.07, 6.45) is 3.55. The van der Waals surface area contributed by atoms with Crippen molar-refractivity contribution in [1.82, 2.24) is 5.32 Å². The molecule has 1 heterocycles. The van der Waals surface area contributed by atoms with Gasteiger partial charge in [-0.2, -0.15) is 0 Å². The van der Waals surface area contributed by atoms with E-state index >= 15 is 0 Å². The molecule has 168 valence electrons. The van der Waals surface area contributed by atoms with Crippen molar-refractivity contribution < 1.29 is 18.7 Å². The average molecular weight is 437 g/mol. The van der Waals surface area contributed by atoms with Crippen LogP contribution in [-0.4, -0.2) is 26.2 Å². The van der Waals surface area contributed by atoms with Gasteiger partial charge in [0, 0.05) is 30.0 Å². The molecule has 0 spiro atoms. The van der Waals surface area contributed by atoms with E-state index < -0.39 is 5.63 Å². The Balaban J connectivity index is 1.44. The summed E-state index contributed by atoms with van der Waals surface area (Å²) in [4.78, 5) is 25.4. The van der Waals surface area contributed by atoms with Gasteiger partial charge in [0.05, 0.1) is 14.2 Å². The number of nitrogens with one attached hydrogen (secondary N) is 2. The number of benzene rings is 2. The van der Waals surface area contributed by atoms with E-state index in [9.17, 15) is 9.59 Å². The van der Waals surface area contributed by atoms with Crippen LogP contribution >= 0.6 is 0 Å². The molecule has 0 aliphatic heterocycles. The molecule has 7 nitrogen and oxygen atoms in total. The van der Waals surface area contributed by atoms with Gasteiger partial charge in [-0.15, -0.1) is 0 Å². The zero-order valence-electron chi connectivity index (χ0n) is 18.4. The second-order valence-corrected chi connectivity index (χ2v) is 8.11. The van der Waals surface area contributed by atoms with Crippen molar-refractivity contribution >= 4 is 22.6 Å². The molecule has 1 aliphatic carbocycles. The minimum atomic E-state index is -0.590. The first-order chi connectivity index (χ1) is 15.6. The number of anilines is 1. The molecule has 1 amide bonds. The number of carbonyl (C=O) groups is 1. The lowest BCUT2D eigenvalue weighted by Crippen LogP contribution is -2.38. The van der Waals surface area contributed by atoms with Gasteiger partial charge in [-0.1, -0.05) is 36.8 Å². The lowest BCUT2D eigenvalue weighted by molar-refractivity contribution is -0.121. The molecule has 0 saturated heterocycles. The maximum Gasteiger partial charge on any atom is 0.360 e. The highest BCUT2D eigenvalue weighted by Gasteiger charge is 2.27. The molecule has 1 fully saturated rings. The van der Waals surface area contributed by atoms with Crippen molar-refractivity contribution in [2.24, 2.45) is 5.92 Å². The van der Waals surface area contributed by atoms with Crippen LogP contribution < -0.4 is 25.7 Å². The molecule has 2 atom stereocenters. The number of amides is 1. The first-order valence-electron chi connectivity index (χ1n) is 10.9. The Hall–Kier alpha value is -3.32. The van der Waals surface area contributed by atoms with Crippen LogP contribution in [0.15, 0.2) is 57.7 Å². The predicted octanol–water partition coefficient (Wildman–Crippen LogP) is 4.10. The fraction of sp³-hybridized carbons (Fsp3) is 0.360. The number of fused-ring (bicyclic) bond motifs is 1. The van der Waals surface area contributed by atoms with Gasteiger partial charge < -0.3 is 24.5 Å². The fourth-order valence-electron chi connectivity index (χ4n) is 4.24. The Labute approximate surface area is 186 Å². The summed E-state index contributed by atoms with van der Waals surface area (Å²) >= 11 is 0. The lowest BCUT2D eigenvalue weighted by atomic mass is 9.85. The van der Waals surface area contributed by atoms with Crippen molar-refractivity contribution in [3.8, 4) is 11.5 Å². The van der Waals surface area contributed by atoms with E-state index in [1.807, 2.05) is 18.2 Å². The highest BCUT2D eigenvalue weighted by molar-refractivity contribution is 5.94. The quantitative estimate of drug-likeness (QED) is 0.542. The SMILES string of the molecule is COc1cc2cc(NC(=O)[C@@H]3CCC[C@H](NCc4ccccc4)C3)c(=O)oc2cc1OC. The molecule has 1 aliphatic rings. The summed E-state index contributed by atoms with van der Waals surface area (Å²) < 4.78 is 16.0. The molecule has 7 heteroatoms. The molecule has 2 N–H and O–H groups in total. The highest BCUT2D eigenvalue weighted by Crippen LogP contribution is 2.32. The topological polar surface area (TPSA) is 89.8 Å². The molecule has 2 aromatic carbocycles. The molecule has 0 bridgehead atoms. The van der Waals surface area contributed by atoms with Crippen LogP contribution in [0.3, 0.4) is 0 Å². The Kier molecular flexibility index (Phi) is 6.75. The van der Waals surface area contributed by atoms with Gasteiger partial charge in [-0.3, -0.25) is 4.79 Å². The molecule has 0 radical (unpaired) electrons. The zero-order valence-corrected chi connectivity index (χ0v) is 18.4. The maximum atomic E-state index is 12.9. The number of carbonyl (C=O) groups excluding carboxylic acids is 1. The van der Waals surface area contributed by atoms with Gasteiger partial charge in [-0.05, 0) is 37.0 Å². The van der Waals surface area contributed by atoms with E-state index in [-0.39, 0.29) is 23.6 Å². The maximum absolute atomic E-state index is 12.9. The Morgan fingerprint density at radius 1 is 1.06 bits per heavy atom. The monoisotopic (exact) mass is 436 g/mol. The van der Waals surface area contributed by atoms with Crippen LogP contribution in [0.2, 0.25) is 0 Å². The summed E-state index contributed by atoms with van der Waals surface area (Å²) in [5.74, 6) is 0.683. The van der Waals surface area contributed by atoms with Gasteiger partial charge >= 0.3 is 5.63 Å². The summed E-state index contributed by atoms with van der Waals surface area (Å²) in [5.41, 5.74) is 1.13. The van der Waals surface area contributed by atoms with Crippen molar-refractivity contribution in [3.05, 3.63) is 64.5 Å². The summed E-state index contributed by atoms with van der Waals surface area (Å²) in [6.45, 7) is 0.777. The van der Waals surface area contributed by atoms with Crippen LogP contribution in [0.4, 0.5) is 5.69 Å². The van der Waals surface area contributed by atoms with Crippen LogP contribution in [0.25, 0.3) is 11.0 Å². The summed E-state index contributed by atoms with van der Waals surface area (Å²) in [7, 11) is 3.05. The minimum absolute atomic E-state index is 0.133. The van der Waals surface area contributed by atoms with Crippen LogP contribution in [0.1, 0.15) is 31.2 Å². The number of rotatable bonds is 7. The Morgan fingerprint density at radius 2 is 1.81 bits per heavy atom. The molecular weight excluding hydrogens is 408 g/mol. The van der Waals surface area contributed by atoms with E-state index in [2.05, 4.69) is 22.8 Å². The molecule has 32 heavy (non-hydrogen) atoms. The molecule has 1 aromatic heterocycles. The van der Waals surface area contributed by atoms with Gasteiger partial charge in [-0.25, -0.2) is 4.79 Å². The van der Waals surface area contributed by atoms with E-state index in [0.717, 1.165) is 32.2 Å². The third kappa shape index (κ3) is 4.94. The van der Waals surface area contributed by atoms with Crippen molar-refractivity contribution in [1.29, 1.82) is 0 Å². The van der Waals surface area contributed by atoms with Crippen molar-refractivity contribution in [2.45, 2.75) is 38.3 Å². The first kappa shape index (κ1) is 21.9. The van der Waals surface area contributed by atoms with Crippen molar-refractivity contribution in [2.75, 3.05) is 19.5 Å². The molecule has 3 aromatic rings. The van der Waals surface area contributed by atoms with Gasteiger partial charge in [0.25, 0.3) is 0 Å². The third-order valence-corrected chi connectivity index (χ3v) is 5.98. The first-order valence-corrected chi connectivity index (χ1v) is 10.9. The zero-order chi connectivity index (χ0) is 22.5. The van der Waals surface area contributed by atoms with Crippen LogP contribution in [0.5, 0.6) is 11.5 Å². The Bertz CT molecular complexity index is 1140. The summed E-state index contributed by atoms with van der Waals surface area (Å²) in [6, 6.07) is 15.4. The highest BCUT2D eigenvalue weighted by atomic mass is 16.5.